The van der Waals surface area contributed by atoms with Gasteiger partial charge in [-0.2, -0.15) is 0 Å². The lowest BCUT2D eigenvalue weighted by molar-refractivity contribution is 0.990. The Hall–Kier alpha value is -0.560. The normalized spacial score (nSPS) is 21.3. The molecule has 11 heavy (non-hydrogen) atoms. The fourth-order valence-electron chi connectivity index (χ4n) is 1.51. The summed E-state index contributed by atoms with van der Waals surface area (Å²) in [7, 11) is 0. The Morgan fingerprint density at radius 1 is 1.27 bits per heavy atom. The molecule has 0 heterocycles. The van der Waals surface area contributed by atoms with Crippen LogP contribution in [0.2, 0.25) is 0 Å². The lowest BCUT2D eigenvalue weighted by Crippen LogP contribution is -1.84. The quantitative estimate of drug-likeness (QED) is 0.613. The van der Waals surface area contributed by atoms with Gasteiger partial charge in [0.2, 0.25) is 0 Å². The molecule has 1 aliphatic carbocycles. The lowest BCUT2D eigenvalue weighted by atomic mass is 10.0. The van der Waals surface area contributed by atoms with E-state index in [-0.39, 0.29) is 0 Å². The molecule has 0 nitrogen and oxygen atoms in total. The molecule has 56 valence electrons. The maximum Gasteiger partial charge on any atom is 0.0216 e. The fraction of sp³-hybridized carbons (Fsp3) is 0.200. The summed E-state index contributed by atoms with van der Waals surface area (Å²) in [5, 5.41) is 0. The molecule has 1 aromatic carbocycles. The molecule has 0 saturated heterocycles. The van der Waals surface area contributed by atoms with Gasteiger partial charge in [0.05, 0.1) is 0 Å². The van der Waals surface area contributed by atoms with Crippen LogP contribution in [0.5, 0.6) is 0 Å². The third-order valence-electron chi connectivity index (χ3n) is 2.10. The molecule has 0 radical (unpaired) electrons. The van der Waals surface area contributed by atoms with E-state index in [0.29, 0.717) is 5.92 Å². The Morgan fingerprint density at radius 3 is 2.73 bits per heavy atom. The average Bonchev–Trinajstić information content (AvgIpc) is 2.30. The summed E-state index contributed by atoms with van der Waals surface area (Å²) >= 11 is 3.54. The zero-order valence-corrected chi connectivity index (χ0v) is 7.93. The first-order valence-electron chi connectivity index (χ1n) is 3.75. The molecule has 0 aliphatic heterocycles. The minimum atomic E-state index is 0.570. The molecular formula is C10H9Br. The third-order valence-corrected chi connectivity index (χ3v) is 2.80. The molecule has 0 saturated carbocycles. The number of halogens is 1. The molecule has 1 aliphatic rings. The van der Waals surface area contributed by atoms with E-state index < -0.39 is 0 Å². The molecular weight excluding hydrogens is 200 g/mol. The highest BCUT2D eigenvalue weighted by Gasteiger charge is 2.16. The minimum absolute atomic E-state index is 0.570. The Labute approximate surface area is 75.1 Å². The zero-order chi connectivity index (χ0) is 7.84. The van der Waals surface area contributed by atoms with E-state index in [0.717, 1.165) is 0 Å². The van der Waals surface area contributed by atoms with Crippen molar-refractivity contribution < 1.29 is 0 Å². The van der Waals surface area contributed by atoms with Crippen LogP contribution in [-0.4, -0.2) is 0 Å². The topological polar surface area (TPSA) is 0 Å². The van der Waals surface area contributed by atoms with Crippen LogP contribution < -0.4 is 0 Å². The Morgan fingerprint density at radius 2 is 2.00 bits per heavy atom. The number of hydrogen-bond acceptors (Lipinski definition) is 0. The molecule has 0 spiro atoms. The van der Waals surface area contributed by atoms with Gasteiger partial charge in [-0.05, 0) is 11.1 Å². The zero-order valence-electron chi connectivity index (χ0n) is 6.34. The highest BCUT2D eigenvalue weighted by molar-refractivity contribution is 9.15. The van der Waals surface area contributed by atoms with Gasteiger partial charge in [-0.3, -0.25) is 0 Å². The summed E-state index contributed by atoms with van der Waals surface area (Å²) < 4.78 is 1.24. The Bertz CT molecular complexity index is 312. The second-order valence-electron chi connectivity index (χ2n) is 2.89. The van der Waals surface area contributed by atoms with Crippen molar-refractivity contribution in [3.8, 4) is 0 Å². The largest absolute Gasteiger partial charge is 0.0624 e. The SMILES string of the molecule is CC1C=C(Br)c2ccccc21. The average molecular weight is 209 g/mol. The molecule has 0 bridgehead atoms. The van der Waals surface area contributed by atoms with Crippen molar-refractivity contribution in [1.29, 1.82) is 0 Å². The van der Waals surface area contributed by atoms with Gasteiger partial charge in [-0.25, -0.2) is 0 Å². The van der Waals surface area contributed by atoms with E-state index in [1.807, 2.05) is 0 Å². The maximum atomic E-state index is 3.54. The predicted octanol–water partition coefficient (Wildman–Crippen LogP) is 3.54. The Balaban J connectivity index is 2.62. The molecule has 1 unspecified atom stereocenters. The van der Waals surface area contributed by atoms with Crippen molar-refractivity contribution in [3.63, 3.8) is 0 Å². The Kier molecular flexibility index (Phi) is 1.61. The van der Waals surface area contributed by atoms with Crippen LogP contribution >= 0.6 is 15.9 Å². The number of fused-ring (bicyclic) bond motifs is 1. The molecule has 0 amide bonds. The summed E-state index contributed by atoms with van der Waals surface area (Å²) in [5.41, 5.74) is 2.78. The summed E-state index contributed by atoms with van der Waals surface area (Å²) in [6, 6.07) is 8.50. The van der Waals surface area contributed by atoms with Crippen molar-refractivity contribution in [3.05, 3.63) is 41.5 Å². The summed E-state index contributed by atoms with van der Waals surface area (Å²) in [6.45, 7) is 2.22. The summed E-state index contributed by atoms with van der Waals surface area (Å²) in [5.74, 6) is 0.570. The van der Waals surface area contributed by atoms with Crippen LogP contribution in [0.4, 0.5) is 0 Å². The van der Waals surface area contributed by atoms with E-state index >= 15 is 0 Å². The predicted molar refractivity (Wildman–Crippen MR) is 51.8 cm³/mol. The lowest BCUT2D eigenvalue weighted by Gasteiger charge is -2.02. The first-order chi connectivity index (χ1) is 5.29. The second kappa shape index (κ2) is 2.49. The van der Waals surface area contributed by atoms with E-state index in [2.05, 4.69) is 53.2 Å². The van der Waals surface area contributed by atoms with Gasteiger partial charge in [-0.1, -0.05) is 53.2 Å². The number of hydrogen-bond donors (Lipinski definition) is 0. The molecule has 2 rings (SSSR count). The van der Waals surface area contributed by atoms with E-state index in [1.165, 1.54) is 15.6 Å². The van der Waals surface area contributed by atoms with E-state index in [4.69, 9.17) is 0 Å². The van der Waals surface area contributed by atoms with Gasteiger partial charge < -0.3 is 0 Å². The van der Waals surface area contributed by atoms with Crippen molar-refractivity contribution >= 4 is 20.4 Å². The van der Waals surface area contributed by atoms with Crippen LogP contribution in [0.15, 0.2) is 30.3 Å². The molecule has 0 aromatic heterocycles. The van der Waals surface area contributed by atoms with Gasteiger partial charge in [0.1, 0.15) is 0 Å². The number of rotatable bonds is 0. The smallest absolute Gasteiger partial charge is 0.0216 e. The van der Waals surface area contributed by atoms with Crippen molar-refractivity contribution in [2.45, 2.75) is 12.8 Å². The molecule has 0 N–H and O–H groups in total. The first kappa shape index (κ1) is 7.11. The third kappa shape index (κ3) is 1.04. The first-order valence-corrected chi connectivity index (χ1v) is 4.55. The van der Waals surface area contributed by atoms with Crippen molar-refractivity contribution in [2.75, 3.05) is 0 Å². The van der Waals surface area contributed by atoms with Crippen LogP contribution in [0.3, 0.4) is 0 Å². The summed E-state index contributed by atoms with van der Waals surface area (Å²) in [4.78, 5) is 0. The van der Waals surface area contributed by atoms with Gasteiger partial charge in [0.15, 0.2) is 0 Å². The second-order valence-corrected chi connectivity index (χ2v) is 3.74. The van der Waals surface area contributed by atoms with Crippen molar-refractivity contribution in [1.82, 2.24) is 0 Å². The monoisotopic (exact) mass is 208 g/mol. The number of benzene rings is 1. The molecule has 1 aromatic rings. The van der Waals surface area contributed by atoms with Gasteiger partial charge in [0, 0.05) is 10.4 Å². The molecule has 1 atom stereocenters. The molecule has 0 fully saturated rings. The van der Waals surface area contributed by atoms with Crippen LogP contribution in [0.1, 0.15) is 24.0 Å². The highest BCUT2D eigenvalue weighted by Crippen LogP contribution is 2.38. The van der Waals surface area contributed by atoms with Crippen LogP contribution in [0, 0.1) is 0 Å². The van der Waals surface area contributed by atoms with E-state index in [1.54, 1.807) is 0 Å². The highest BCUT2D eigenvalue weighted by atomic mass is 79.9. The summed E-state index contributed by atoms with van der Waals surface area (Å²) in [6.07, 6.45) is 2.24. The fourth-order valence-corrected chi connectivity index (χ4v) is 2.27. The van der Waals surface area contributed by atoms with Gasteiger partial charge in [-0.15, -0.1) is 0 Å². The van der Waals surface area contributed by atoms with Crippen LogP contribution in [0.25, 0.3) is 4.48 Å². The minimum Gasteiger partial charge on any atom is -0.0624 e. The standard InChI is InChI=1S/C10H9Br/c1-7-6-10(11)9-5-3-2-4-8(7)9/h2-7H,1H3. The molecule has 1 heteroatoms. The van der Waals surface area contributed by atoms with Crippen LogP contribution in [-0.2, 0) is 0 Å². The number of allylic oxidation sites excluding steroid dienone is 1. The van der Waals surface area contributed by atoms with Crippen molar-refractivity contribution in [2.24, 2.45) is 0 Å². The van der Waals surface area contributed by atoms with E-state index in [9.17, 15) is 0 Å². The van der Waals surface area contributed by atoms with Gasteiger partial charge >= 0.3 is 0 Å². The van der Waals surface area contributed by atoms with Gasteiger partial charge in [0.25, 0.3) is 0 Å². The maximum absolute atomic E-state index is 3.54.